The number of hydrogen-bond acceptors (Lipinski definition) is 3. The molecule has 64 valence electrons. The van der Waals surface area contributed by atoms with Crippen LogP contribution in [0.5, 0.6) is 0 Å². The lowest BCUT2D eigenvalue weighted by Gasteiger charge is -1.85. The summed E-state index contributed by atoms with van der Waals surface area (Å²) in [5.74, 6) is 0. The smallest absolute Gasteiger partial charge is 0.151 e. The molecule has 0 aliphatic carbocycles. The number of allylic oxidation sites excluding steroid dienone is 2. The number of hydrazone groups is 1. The van der Waals surface area contributed by atoms with Gasteiger partial charge >= 0.3 is 0 Å². The summed E-state index contributed by atoms with van der Waals surface area (Å²) in [6, 6.07) is 0. The average molecular weight is 156 g/mol. The summed E-state index contributed by atoms with van der Waals surface area (Å²) in [6.45, 7) is 5.78. The summed E-state index contributed by atoms with van der Waals surface area (Å²) < 4.78 is 0. The maximum atomic E-state index is 10.1. The van der Waals surface area contributed by atoms with Crippen molar-refractivity contribution < 1.29 is 4.79 Å². The van der Waals surface area contributed by atoms with E-state index >= 15 is 0 Å². The lowest BCUT2D eigenvalue weighted by Crippen LogP contribution is -1.95. The van der Waals surface area contributed by atoms with E-state index < -0.39 is 0 Å². The number of carbonyl (C=O) groups is 1. The quantitative estimate of drug-likeness (QED) is 0.290. The third-order valence-electron chi connectivity index (χ3n) is 0.812. The van der Waals surface area contributed by atoms with E-state index in [1.807, 2.05) is 13.8 Å². The Morgan fingerprint density at radius 3 is 2.27 bits per heavy atom. The van der Waals surface area contributed by atoms with Crippen molar-refractivity contribution in [1.29, 1.82) is 0 Å². The lowest BCUT2D eigenvalue weighted by molar-refractivity contribution is -0.104. The molecule has 0 bridgehead atoms. The van der Waals surface area contributed by atoms with Crippen LogP contribution in [0.1, 0.15) is 20.8 Å². The van der Waals surface area contributed by atoms with Gasteiger partial charge in [-0.3, -0.25) is 4.79 Å². The number of nitrogens with one attached hydrogen (secondary N) is 1. The van der Waals surface area contributed by atoms with Crippen molar-refractivity contribution >= 4 is 12.5 Å². The first kappa shape index (κ1) is 12.5. The van der Waals surface area contributed by atoms with Crippen molar-refractivity contribution in [2.75, 3.05) is 7.05 Å². The van der Waals surface area contributed by atoms with Gasteiger partial charge in [-0.05, 0) is 6.92 Å². The Bertz CT molecular complexity index is 139. The Morgan fingerprint density at radius 2 is 2.00 bits per heavy atom. The van der Waals surface area contributed by atoms with Gasteiger partial charge in [-0.15, -0.1) is 0 Å². The largest absolute Gasteiger partial charge is 0.313 e. The molecule has 0 radical (unpaired) electrons. The summed E-state index contributed by atoms with van der Waals surface area (Å²) in [5, 5.41) is 3.64. The Hall–Kier alpha value is -1.12. The molecule has 0 spiro atoms. The van der Waals surface area contributed by atoms with Crippen LogP contribution in [-0.2, 0) is 4.79 Å². The molecule has 0 saturated heterocycles. The summed E-state index contributed by atoms with van der Waals surface area (Å²) in [7, 11) is 1.68. The second-order valence-electron chi connectivity index (χ2n) is 1.39. The zero-order chi connectivity index (χ0) is 9.11. The van der Waals surface area contributed by atoms with Crippen LogP contribution in [-0.4, -0.2) is 19.5 Å². The molecular weight excluding hydrogens is 140 g/mol. The molecule has 0 aromatic heterocycles. The minimum Gasteiger partial charge on any atom is -0.313 e. The van der Waals surface area contributed by atoms with Crippen LogP contribution >= 0.6 is 0 Å². The van der Waals surface area contributed by atoms with Crippen molar-refractivity contribution in [3.8, 4) is 0 Å². The molecule has 0 saturated carbocycles. The molecule has 0 heterocycles. The Balaban J connectivity index is 0. The van der Waals surface area contributed by atoms with Crippen molar-refractivity contribution in [1.82, 2.24) is 5.43 Å². The molecule has 0 unspecified atom stereocenters. The molecule has 0 aliphatic rings. The first-order valence-electron chi connectivity index (χ1n) is 3.66. The van der Waals surface area contributed by atoms with Crippen LogP contribution in [0.4, 0.5) is 0 Å². The topological polar surface area (TPSA) is 41.5 Å². The average Bonchev–Trinajstić information content (AvgIpc) is 2.10. The van der Waals surface area contributed by atoms with Gasteiger partial charge in [0.2, 0.25) is 0 Å². The zero-order valence-electron chi connectivity index (χ0n) is 7.59. The summed E-state index contributed by atoms with van der Waals surface area (Å²) in [4.78, 5) is 10.1. The molecule has 11 heavy (non-hydrogen) atoms. The van der Waals surface area contributed by atoms with E-state index in [1.165, 1.54) is 6.21 Å². The van der Waals surface area contributed by atoms with E-state index in [0.29, 0.717) is 5.57 Å². The third-order valence-corrected chi connectivity index (χ3v) is 0.812. The van der Waals surface area contributed by atoms with E-state index in [9.17, 15) is 4.79 Å². The highest BCUT2D eigenvalue weighted by Crippen LogP contribution is 1.80. The van der Waals surface area contributed by atoms with Crippen LogP contribution in [0.2, 0.25) is 0 Å². The van der Waals surface area contributed by atoms with Crippen molar-refractivity contribution in [3.63, 3.8) is 0 Å². The molecule has 0 amide bonds. The first-order valence-corrected chi connectivity index (χ1v) is 3.66. The van der Waals surface area contributed by atoms with Crippen molar-refractivity contribution in [3.05, 3.63) is 11.6 Å². The molecule has 3 nitrogen and oxygen atoms in total. The van der Waals surface area contributed by atoms with Gasteiger partial charge in [-0.1, -0.05) is 19.9 Å². The molecular formula is C8H16N2O. The fourth-order valence-corrected chi connectivity index (χ4v) is 0.312. The Labute approximate surface area is 68.2 Å². The summed E-state index contributed by atoms with van der Waals surface area (Å²) >= 11 is 0. The Morgan fingerprint density at radius 1 is 1.45 bits per heavy atom. The van der Waals surface area contributed by atoms with E-state index in [1.54, 1.807) is 20.0 Å². The van der Waals surface area contributed by atoms with Crippen LogP contribution in [0.15, 0.2) is 16.8 Å². The van der Waals surface area contributed by atoms with Gasteiger partial charge in [0.05, 0.1) is 6.21 Å². The number of aldehydes is 1. The maximum Gasteiger partial charge on any atom is 0.151 e. The number of hydrogen-bond donors (Lipinski definition) is 1. The van der Waals surface area contributed by atoms with Gasteiger partial charge in [-0.25, -0.2) is 0 Å². The van der Waals surface area contributed by atoms with E-state index in [0.717, 1.165) is 6.29 Å². The Kier molecular flexibility index (Phi) is 13.3. The summed E-state index contributed by atoms with van der Waals surface area (Å²) in [6.07, 6.45) is 3.90. The van der Waals surface area contributed by atoms with Crippen LogP contribution in [0.25, 0.3) is 0 Å². The van der Waals surface area contributed by atoms with Gasteiger partial charge in [0, 0.05) is 12.6 Å². The molecule has 0 aliphatic heterocycles. The number of carbonyl (C=O) groups excluding carboxylic acids is 1. The molecule has 0 aromatic rings. The monoisotopic (exact) mass is 156 g/mol. The molecule has 0 aromatic carbocycles. The third kappa shape index (κ3) is 8.88. The van der Waals surface area contributed by atoms with Gasteiger partial charge in [0.15, 0.2) is 6.29 Å². The second kappa shape index (κ2) is 11.6. The minimum absolute atomic E-state index is 0.573. The van der Waals surface area contributed by atoms with Crippen molar-refractivity contribution in [2.45, 2.75) is 20.8 Å². The van der Waals surface area contributed by atoms with Gasteiger partial charge in [0.25, 0.3) is 0 Å². The van der Waals surface area contributed by atoms with Crippen LogP contribution < -0.4 is 5.43 Å². The highest BCUT2D eigenvalue weighted by molar-refractivity contribution is 6.01. The lowest BCUT2D eigenvalue weighted by atomic mass is 10.3. The summed E-state index contributed by atoms with van der Waals surface area (Å²) in [5.41, 5.74) is 3.11. The van der Waals surface area contributed by atoms with E-state index in [-0.39, 0.29) is 0 Å². The highest BCUT2D eigenvalue weighted by atomic mass is 16.1. The molecule has 1 N–H and O–H groups in total. The fourth-order valence-electron chi connectivity index (χ4n) is 0.312. The van der Waals surface area contributed by atoms with E-state index in [4.69, 9.17) is 0 Å². The normalized spacial score (nSPS) is 10.4. The highest BCUT2D eigenvalue weighted by Gasteiger charge is 1.82. The molecule has 3 heteroatoms. The first-order chi connectivity index (χ1) is 5.35. The zero-order valence-corrected chi connectivity index (χ0v) is 7.59. The fraction of sp³-hybridized carbons (Fsp3) is 0.500. The predicted molar refractivity (Wildman–Crippen MR) is 48.7 cm³/mol. The molecule has 0 fully saturated rings. The van der Waals surface area contributed by atoms with Gasteiger partial charge in [0.1, 0.15) is 0 Å². The van der Waals surface area contributed by atoms with Crippen molar-refractivity contribution in [2.24, 2.45) is 5.10 Å². The maximum absolute atomic E-state index is 10.1. The number of nitrogens with zero attached hydrogens (tertiary/aromatic N) is 1. The van der Waals surface area contributed by atoms with Crippen LogP contribution in [0, 0.1) is 0 Å². The molecule has 0 atom stereocenters. The molecule has 0 rings (SSSR count). The minimum atomic E-state index is 0.573. The van der Waals surface area contributed by atoms with E-state index in [2.05, 4.69) is 10.5 Å². The second-order valence-corrected chi connectivity index (χ2v) is 1.39. The predicted octanol–water partition coefficient (Wildman–Crippen LogP) is 1.36. The van der Waals surface area contributed by atoms with Gasteiger partial charge in [-0.2, -0.15) is 5.10 Å². The van der Waals surface area contributed by atoms with Crippen LogP contribution in [0.3, 0.4) is 0 Å². The van der Waals surface area contributed by atoms with Gasteiger partial charge < -0.3 is 5.43 Å². The standard InChI is InChI=1S/C6H10N2O.C2H6/c1-3-6(5-9)4-8-7-2;1-2/h3-5,7H,1-2H3;1-2H3/b6-3+,8-4-;. The number of rotatable bonds is 3. The SMILES string of the molecule is C/C=C(C=O)\C=N/NC.CC.